The number of methoxy groups -OCH3 is 1. The fourth-order valence-corrected chi connectivity index (χ4v) is 1.21. The minimum atomic E-state index is -5.05. The molecule has 1 rings (SSSR count). The first-order valence-electron chi connectivity index (χ1n) is 4.34. The van der Waals surface area contributed by atoms with E-state index in [2.05, 4.69) is 14.5 Å². The highest BCUT2D eigenvalue weighted by atomic mass is 19.4. The van der Waals surface area contributed by atoms with E-state index in [-0.39, 0.29) is 11.6 Å². The summed E-state index contributed by atoms with van der Waals surface area (Å²) in [7, 11) is 1.15. The lowest BCUT2D eigenvalue weighted by Gasteiger charge is -2.15. The van der Waals surface area contributed by atoms with Crippen molar-refractivity contribution >= 4 is 0 Å². The predicted molar refractivity (Wildman–Crippen MR) is 47.2 cm³/mol. The number of nitrogens with zero attached hydrogens (tertiary/aromatic N) is 1. The van der Waals surface area contributed by atoms with E-state index in [1.165, 1.54) is 0 Å². The van der Waals surface area contributed by atoms with Crippen LogP contribution in [0.15, 0.2) is 6.07 Å². The number of hydrogen-bond acceptors (Lipinski definition) is 3. The summed E-state index contributed by atoms with van der Waals surface area (Å²) in [6, 6.07) is 0.669. The molecule has 8 heteroatoms. The number of pyridine rings is 1. The summed E-state index contributed by atoms with van der Waals surface area (Å²) in [6.45, 7) is 1.15. The molecule has 0 fully saturated rings. The molecule has 0 atom stereocenters. The molecule has 3 nitrogen and oxygen atoms in total. The van der Waals surface area contributed by atoms with Crippen molar-refractivity contribution in [3.05, 3.63) is 17.3 Å². The van der Waals surface area contributed by atoms with Crippen LogP contribution in [0.3, 0.4) is 0 Å². The number of aromatic nitrogens is 1. The summed E-state index contributed by atoms with van der Waals surface area (Å²) in [5.41, 5.74) is -1.18. The molecule has 0 aliphatic carbocycles. The number of rotatable bonds is 3. The third-order valence-corrected chi connectivity index (χ3v) is 1.84. The van der Waals surface area contributed by atoms with Gasteiger partial charge in [0.05, 0.1) is 18.4 Å². The molecular weight excluding hydrogens is 249 g/mol. The van der Waals surface area contributed by atoms with Gasteiger partial charge in [0.25, 0.3) is 6.43 Å². The van der Waals surface area contributed by atoms with Gasteiger partial charge >= 0.3 is 6.36 Å². The van der Waals surface area contributed by atoms with Gasteiger partial charge in [-0.05, 0) is 6.92 Å². The van der Waals surface area contributed by atoms with Gasteiger partial charge in [0, 0.05) is 6.07 Å². The number of halogens is 5. The minimum absolute atomic E-state index is 0.230. The second kappa shape index (κ2) is 4.72. The molecule has 0 saturated carbocycles. The average molecular weight is 257 g/mol. The average Bonchev–Trinajstić information content (AvgIpc) is 2.13. The van der Waals surface area contributed by atoms with Gasteiger partial charge in [-0.15, -0.1) is 13.2 Å². The van der Waals surface area contributed by atoms with Crippen molar-refractivity contribution in [2.75, 3.05) is 7.11 Å². The van der Waals surface area contributed by atoms with Gasteiger partial charge in [0.1, 0.15) is 5.75 Å². The minimum Gasteiger partial charge on any atom is -0.481 e. The van der Waals surface area contributed by atoms with Crippen LogP contribution in [0.5, 0.6) is 11.6 Å². The molecule has 0 spiro atoms. The van der Waals surface area contributed by atoms with Crippen LogP contribution in [-0.4, -0.2) is 18.5 Å². The van der Waals surface area contributed by atoms with Crippen molar-refractivity contribution < 1.29 is 31.4 Å². The molecule has 0 saturated heterocycles. The van der Waals surface area contributed by atoms with Crippen LogP contribution in [0.2, 0.25) is 0 Å². The summed E-state index contributed by atoms with van der Waals surface area (Å²) in [4.78, 5) is 3.55. The van der Waals surface area contributed by atoms with Crippen LogP contribution in [-0.2, 0) is 0 Å². The van der Waals surface area contributed by atoms with E-state index < -0.39 is 24.1 Å². The molecule has 0 N–H and O–H groups in total. The Labute approximate surface area is 93.2 Å². The Kier molecular flexibility index (Phi) is 3.74. The highest BCUT2D eigenvalue weighted by molar-refractivity contribution is 5.41. The van der Waals surface area contributed by atoms with E-state index in [9.17, 15) is 22.0 Å². The van der Waals surface area contributed by atoms with E-state index >= 15 is 0 Å². The van der Waals surface area contributed by atoms with Gasteiger partial charge in [-0.3, -0.25) is 0 Å². The normalized spacial score (nSPS) is 11.8. The van der Waals surface area contributed by atoms with E-state index in [0.717, 1.165) is 14.0 Å². The summed E-state index contributed by atoms with van der Waals surface area (Å²) in [5, 5.41) is 0. The maximum absolute atomic E-state index is 12.6. The van der Waals surface area contributed by atoms with Crippen LogP contribution < -0.4 is 9.47 Å². The van der Waals surface area contributed by atoms with Gasteiger partial charge in [0.2, 0.25) is 5.88 Å². The maximum Gasteiger partial charge on any atom is 0.573 e. The summed E-state index contributed by atoms with van der Waals surface area (Å²) >= 11 is 0. The van der Waals surface area contributed by atoms with Gasteiger partial charge in [-0.25, -0.2) is 13.8 Å². The standard InChI is InChI=1S/C9H8F5NO2/c1-4-7(8(10)11)5(17-9(12,13)14)3-6(15-4)16-2/h3,8H,1-2H3. The van der Waals surface area contributed by atoms with Gasteiger partial charge < -0.3 is 9.47 Å². The van der Waals surface area contributed by atoms with Crippen molar-refractivity contribution in [3.8, 4) is 11.6 Å². The second-order valence-electron chi connectivity index (χ2n) is 3.01. The Morgan fingerprint density at radius 2 is 1.88 bits per heavy atom. The quantitative estimate of drug-likeness (QED) is 0.779. The SMILES string of the molecule is COc1cc(OC(F)(F)F)c(C(F)F)c(C)n1. The van der Waals surface area contributed by atoms with Gasteiger partial charge in [0.15, 0.2) is 0 Å². The topological polar surface area (TPSA) is 31.4 Å². The molecule has 0 aromatic carbocycles. The highest BCUT2D eigenvalue weighted by Crippen LogP contribution is 2.36. The van der Waals surface area contributed by atoms with Crippen molar-refractivity contribution in [3.63, 3.8) is 0 Å². The van der Waals surface area contributed by atoms with Crippen molar-refractivity contribution in [1.82, 2.24) is 4.98 Å². The molecule has 1 aromatic rings. The first kappa shape index (κ1) is 13.5. The lowest BCUT2D eigenvalue weighted by Crippen LogP contribution is -2.19. The third-order valence-electron chi connectivity index (χ3n) is 1.84. The lowest BCUT2D eigenvalue weighted by molar-refractivity contribution is -0.275. The van der Waals surface area contributed by atoms with Crippen LogP contribution in [0, 0.1) is 6.92 Å². The molecule has 0 unspecified atom stereocenters. The largest absolute Gasteiger partial charge is 0.573 e. The molecule has 96 valence electrons. The van der Waals surface area contributed by atoms with E-state index in [0.29, 0.717) is 6.07 Å². The Morgan fingerprint density at radius 1 is 1.29 bits per heavy atom. The first-order valence-corrected chi connectivity index (χ1v) is 4.34. The molecule has 0 aliphatic heterocycles. The summed E-state index contributed by atoms with van der Waals surface area (Å²) in [5.74, 6) is -1.23. The highest BCUT2D eigenvalue weighted by Gasteiger charge is 2.34. The molecule has 0 radical (unpaired) electrons. The monoisotopic (exact) mass is 257 g/mol. The fraction of sp³-hybridized carbons (Fsp3) is 0.444. The zero-order valence-electron chi connectivity index (χ0n) is 8.81. The molecule has 0 aliphatic rings. The maximum atomic E-state index is 12.6. The number of ether oxygens (including phenoxy) is 2. The smallest absolute Gasteiger partial charge is 0.481 e. The Hall–Kier alpha value is -1.60. The van der Waals surface area contributed by atoms with Gasteiger partial charge in [-0.2, -0.15) is 0 Å². The third kappa shape index (κ3) is 3.43. The van der Waals surface area contributed by atoms with Crippen molar-refractivity contribution in [2.45, 2.75) is 19.7 Å². The molecule has 1 aromatic heterocycles. The van der Waals surface area contributed by atoms with Crippen molar-refractivity contribution in [2.24, 2.45) is 0 Å². The van der Waals surface area contributed by atoms with E-state index in [4.69, 9.17) is 0 Å². The van der Waals surface area contributed by atoms with Crippen LogP contribution in [0.25, 0.3) is 0 Å². The summed E-state index contributed by atoms with van der Waals surface area (Å²) < 4.78 is 69.3. The second-order valence-corrected chi connectivity index (χ2v) is 3.01. The zero-order valence-corrected chi connectivity index (χ0v) is 8.81. The van der Waals surface area contributed by atoms with E-state index in [1.807, 2.05) is 0 Å². The number of aryl methyl sites for hydroxylation is 1. The molecule has 1 heterocycles. The number of alkyl halides is 5. The molecular formula is C9H8F5NO2. The zero-order chi connectivity index (χ0) is 13.2. The van der Waals surface area contributed by atoms with E-state index in [1.54, 1.807) is 0 Å². The molecule has 0 bridgehead atoms. The lowest BCUT2D eigenvalue weighted by atomic mass is 10.2. The van der Waals surface area contributed by atoms with Gasteiger partial charge in [-0.1, -0.05) is 0 Å². The van der Waals surface area contributed by atoms with Crippen molar-refractivity contribution in [1.29, 1.82) is 0 Å². The predicted octanol–water partition coefficient (Wildman–Crippen LogP) is 3.23. The Balaban J connectivity index is 3.27. The Morgan fingerprint density at radius 3 is 2.29 bits per heavy atom. The first-order chi connectivity index (χ1) is 7.74. The molecule has 17 heavy (non-hydrogen) atoms. The van der Waals surface area contributed by atoms with Crippen LogP contribution >= 0.6 is 0 Å². The van der Waals surface area contributed by atoms with Crippen LogP contribution in [0.1, 0.15) is 17.7 Å². The fourth-order valence-electron chi connectivity index (χ4n) is 1.21. The Bertz CT molecular complexity index is 405. The summed E-state index contributed by atoms with van der Waals surface area (Å²) in [6.07, 6.45) is -8.17. The van der Waals surface area contributed by atoms with Crippen LogP contribution in [0.4, 0.5) is 22.0 Å². The number of hydrogen-bond donors (Lipinski definition) is 0. The molecule has 0 amide bonds.